The molecule has 2 aromatic rings. The standard InChI is InChI=1S/C26H30Cl2N4O3/c1-14(2)11-23-25(34)31-21-12-15(24(33)30-20-6-4-3-5-19(20)29)7-10-22(21)32(23)26(35)17-9-8-16(27)13-18(17)28/h7-10,12-14,19-20,23H,3-6,11,29H2,1-2H3,(H,30,33)(H,31,34). The second kappa shape index (κ2) is 10.6. The van der Waals surface area contributed by atoms with Crippen LogP contribution in [0.25, 0.3) is 0 Å². The number of hydrogen-bond acceptors (Lipinski definition) is 4. The Morgan fingerprint density at radius 1 is 1.14 bits per heavy atom. The minimum Gasteiger partial charge on any atom is -0.348 e. The normalized spacial score (nSPS) is 21.9. The molecule has 0 bridgehead atoms. The molecule has 2 aromatic carbocycles. The van der Waals surface area contributed by atoms with Crippen molar-refractivity contribution in [2.45, 2.75) is 64.1 Å². The first kappa shape index (κ1) is 25.5. The highest BCUT2D eigenvalue weighted by molar-refractivity contribution is 6.37. The summed E-state index contributed by atoms with van der Waals surface area (Å²) < 4.78 is 0. The molecular formula is C26H30Cl2N4O3. The summed E-state index contributed by atoms with van der Waals surface area (Å²) in [6, 6.07) is 8.74. The number of amides is 3. The number of carbonyl (C=O) groups excluding carboxylic acids is 3. The van der Waals surface area contributed by atoms with Gasteiger partial charge in [0.25, 0.3) is 11.8 Å². The Bertz CT molecular complexity index is 1150. The van der Waals surface area contributed by atoms with Crippen molar-refractivity contribution in [2.75, 3.05) is 10.2 Å². The average Bonchev–Trinajstić information content (AvgIpc) is 2.80. The van der Waals surface area contributed by atoms with Gasteiger partial charge in [0.2, 0.25) is 5.91 Å². The van der Waals surface area contributed by atoms with Crippen molar-refractivity contribution in [3.63, 3.8) is 0 Å². The van der Waals surface area contributed by atoms with Crippen LogP contribution in [0.5, 0.6) is 0 Å². The lowest BCUT2D eigenvalue weighted by Gasteiger charge is -2.37. The van der Waals surface area contributed by atoms with Gasteiger partial charge in [-0.1, -0.05) is 49.9 Å². The van der Waals surface area contributed by atoms with Gasteiger partial charge in [-0.05, 0) is 61.6 Å². The molecular weight excluding hydrogens is 487 g/mol. The first-order valence-corrected chi connectivity index (χ1v) is 12.7. The molecule has 1 saturated carbocycles. The van der Waals surface area contributed by atoms with Crippen LogP contribution in [0.2, 0.25) is 10.0 Å². The van der Waals surface area contributed by atoms with Crippen LogP contribution < -0.4 is 21.3 Å². The van der Waals surface area contributed by atoms with Crippen molar-refractivity contribution in [1.29, 1.82) is 0 Å². The Hall–Kier alpha value is -2.61. The van der Waals surface area contributed by atoms with Gasteiger partial charge in [-0.15, -0.1) is 0 Å². The number of benzene rings is 2. The maximum atomic E-state index is 13.7. The van der Waals surface area contributed by atoms with Gasteiger partial charge in [0.05, 0.1) is 22.0 Å². The zero-order chi connectivity index (χ0) is 25.3. The Labute approximate surface area is 215 Å². The van der Waals surface area contributed by atoms with Crippen molar-refractivity contribution in [3.05, 3.63) is 57.6 Å². The first-order chi connectivity index (χ1) is 16.7. The second-order valence-corrected chi connectivity index (χ2v) is 10.5. The Morgan fingerprint density at radius 2 is 1.89 bits per heavy atom. The van der Waals surface area contributed by atoms with Crippen LogP contribution in [-0.2, 0) is 4.79 Å². The molecule has 3 unspecified atom stereocenters. The van der Waals surface area contributed by atoms with Crippen LogP contribution in [-0.4, -0.2) is 35.8 Å². The van der Waals surface area contributed by atoms with Crippen LogP contribution in [0.1, 0.15) is 66.7 Å². The van der Waals surface area contributed by atoms with Gasteiger partial charge in [0.1, 0.15) is 6.04 Å². The van der Waals surface area contributed by atoms with E-state index in [1.165, 1.54) is 11.0 Å². The number of halogens is 2. The van der Waals surface area contributed by atoms with Gasteiger partial charge in [0.15, 0.2) is 0 Å². The van der Waals surface area contributed by atoms with Crippen LogP contribution >= 0.6 is 23.2 Å². The van der Waals surface area contributed by atoms with E-state index in [0.717, 1.165) is 25.7 Å². The van der Waals surface area contributed by atoms with Gasteiger partial charge >= 0.3 is 0 Å². The smallest absolute Gasteiger partial charge is 0.260 e. The third-order valence-corrected chi connectivity index (χ3v) is 7.15. The summed E-state index contributed by atoms with van der Waals surface area (Å²) in [7, 11) is 0. The third kappa shape index (κ3) is 5.47. The molecule has 7 nitrogen and oxygen atoms in total. The zero-order valence-corrected chi connectivity index (χ0v) is 21.3. The lowest BCUT2D eigenvalue weighted by molar-refractivity contribution is -0.117. The number of rotatable bonds is 5. The summed E-state index contributed by atoms with van der Waals surface area (Å²) in [5, 5.41) is 6.53. The van der Waals surface area contributed by atoms with Crippen molar-refractivity contribution in [1.82, 2.24) is 5.32 Å². The molecule has 0 aromatic heterocycles. The summed E-state index contributed by atoms with van der Waals surface area (Å²) in [5.41, 5.74) is 7.73. The van der Waals surface area contributed by atoms with Crippen molar-refractivity contribution in [3.8, 4) is 0 Å². The van der Waals surface area contributed by atoms with Gasteiger partial charge in [0, 0.05) is 22.7 Å². The lowest BCUT2D eigenvalue weighted by atomic mass is 9.91. The van der Waals surface area contributed by atoms with Crippen LogP contribution in [0, 0.1) is 5.92 Å². The number of nitrogens with zero attached hydrogens (tertiary/aromatic N) is 1. The monoisotopic (exact) mass is 516 g/mol. The summed E-state index contributed by atoms with van der Waals surface area (Å²) in [6.07, 6.45) is 4.28. The number of anilines is 2. The molecule has 1 aliphatic heterocycles. The fraction of sp³-hybridized carbons (Fsp3) is 0.423. The number of nitrogens with two attached hydrogens (primary N) is 1. The molecule has 1 heterocycles. The molecule has 2 aliphatic rings. The van der Waals surface area contributed by atoms with E-state index in [9.17, 15) is 14.4 Å². The summed E-state index contributed by atoms with van der Waals surface area (Å²) in [6.45, 7) is 3.98. The fourth-order valence-corrected chi connectivity index (χ4v) is 5.27. The average molecular weight is 517 g/mol. The molecule has 0 saturated heterocycles. The van der Waals surface area contributed by atoms with E-state index < -0.39 is 11.9 Å². The zero-order valence-electron chi connectivity index (χ0n) is 19.8. The van der Waals surface area contributed by atoms with E-state index in [1.807, 2.05) is 13.8 Å². The molecule has 1 fully saturated rings. The van der Waals surface area contributed by atoms with E-state index in [2.05, 4.69) is 10.6 Å². The van der Waals surface area contributed by atoms with E-state index >= 15 is 0 Å². The third-order valence-electron chi connectivity index (χ3n) is 6.60. The second-order valence-electron chi connectivity index (χ2n) is 9.69. The molecule has 3 amide bonds. The molecule has 1 aliphatic carbocycles. The molecule has 0 spiro atoms. The minimum atomic E-state index is -0.721. The van der Waals surface area contributed by atoms with Gasteiger partial charge in [-0.25, -0.2) is 0 Å². The Balaban J connectivity index is 1.68. The molecule has 3 atom stereocenters. The van der Waals surface area contributed by atoms with Gasteiger partial charge in [-0.3, -0.25) is 19.3 Å². The van der Waals surface area contributed by atoms with Crippen molar-refractivity contribution in [2.24, 2.45) is 11.7 Å². The van der Waals surface area contributed by atoms with Crippen molar-refractivity contribution < 1.29 is 14.4 Å². The van der Waals surface area contributed by atoms with Crippen LogP contribution in [0.3, 0.4) is 0 Å². The molecule has 186 valence electrons. The highest BCUT2D eigenvalue weighted by atomic mass is 35.5. The Kier molecular flexibility index (Phi) is 7.69. The molecule has 4 rings (SSSR count). The highest BCUT2D eigenvalue weighted by Crippen LogP contribution is 2.37. The van der Waals surface area contributed by atoms with E-state index in [1.54, 1.807) is 30.3 Å². The van der Waals surface area contributed by atoms with E-state index in [4.69, 9.17) is 28.9 Å². The van der Waals surface area contributed by atoms with Crippen LogP contribution in [0.15, 0.2) is 36.4 Å². The number of fused-ring (bicyclic) bond motifs is 1. The van der Waals surface area contributed by atoms with Gasteiger partial charge < -0.3 is 16.4 Å². The summed E-state index contributed by atoms with van der Waals surface area (Å²) >= 11 is 12.4. The first-order valence-electron chi connectivity index (χ1n) is 12.0. The van der Waals surface area contributed by atoms with Gasteiger partial charge in [-0.2, -0.15) is 0 Å². The molecule has 35 heavy (non-hydrogen) atoms. The molecule has 9 heteroatoms. The predicted molar refractivity (Wildman–Crippen MR) is 139 cm³/mol. The maximum absolute atomic E-state index is 13.7. The lowest BCUT2D eigenvalue weighted by Crippen LogP contribution is -2.52. The number of carbonyl (C=O) groups is 3. The van der Waals surface area contributed by atoms with Crippen molar-refractivity contribution >= 4 is 52.3 Å². The fourth-order valence-electron chi connectivity index (χ4n) is 4.78. The van der Waals surface area contributed by atoms with E-state index in [-0.39, 0.29) is 40.4 Å². The van der Waals surface area contributed by atoms with Crippen LogP contribution in [0.4, 0.5) is 11.4 Å². The summed E-state index contributed by atoms with van der Waals surface area (Å²) in [5.74, 6) is -0.810. The summed E-state index contributed by atoms with van der Waals surface area (Å²) in [4.78, 5) is 41.3. The van der Waals surface area contributed by atoms with E-state index in [0.29, 0.717) is 28.4 Å². The Morgan fingerprint density at radius 3 is 2.57 bits per heavy atom. The molecule has 4 N–H and O–H groups in total. The minimum absolute atomic E-state index is 0.0703. The number of nitrogens with one attached hydrogen (secondary N) is 2. The topological polar surface area (TPSA) is 105 Å². The largest absolute Gasteiger partial charge is 0.348 e. The highest BCUT2D eigenvalue weighted by Gasteiger charge is 2.38. The molecule has 0 radical (unpaired) electrons. The quantitative estimate of drug-likeness (QED) is 0.519. The predicted octanol–water partition coefficient (Wildman–Crippen LogP) is 5.01. The maximum Gasteiger partial charge on any atom is 0.260 e. The number of hydrogen-bond donors (Lipinski definition) is 3. The SMILES string of the molecule is CC(C)CC1C(=O)Nc2cc(C(=O)NC3CCCCC3N)ccc2N1C(=O)c1ccc(Cl)cc1Cl.